The molecule has 0 saturated carbocycles. The highest BCUT2D eigenvalue weighted by atomic mass is 16.5. The number of imidazole rings is 1. The van der Waals surface area contributed by atoms with Crippen LogP contribution in [0.3, 0.4) is 0 Å². The van der Waals surface area contributed by atoms with Gasteiger partial charge in [0.05, 0.1) is 6.61 Å². The molecule has 3 aromatic rings. The van der Waals surface area contributed by atoms with E-state index in [-0.39, 0.29) is 5.91 Å². The molecule has 2 heterocycles. The Labute approximate surface area is 153 Å². The maximum absolute atomic E-state index is 12.1. The summed E-state index contributed by atoms with van der Waals surface area (Å²) in [6.45, 7) is 1.88. The van der Waals surface area contributed by atoms with E-state index >= 15 is 0 Å². The summed E-state index contributed by atoms with van der Waals surface area (Å²) >= 11 is 0. The van der Waals surface area contributed by atoms with E-state index in [1.54, 1.807) is 13.3 Å². The van der Waals surface area contributed by atoms with Gasteiger partial charge in [0.25, 0.3) is 0 Å². The molecule has 136 valence electrons. The lowest BCUT2D eigenvalue weighted by atomic mass is 10.2. The second-order valence-corrected chi connectivity index (χ2v) is 6.13. The summed E-state index contributed by atoms with van der Waals surface area (Å²) in [6, 6.07) is 13.8. The number of benzene rings is 1. The number of hydrogen-bond donors (Lipinski definition) is 1. The van der Waals surface area contributed by atoms with Crippen molar-refractivity contribution < 1.29 is 9.53 Å². The molecule has 1 N–H and O–H groups in total. The number of nitrogens with zero attached hydrogens (tertiary/aromatic N) is 3. The Kier molecular flexibility index (Phi) is 6.33. The zero-order chi connectivity index (χ0) is 18.2. The van der Waals surface area contributed by atoms with Crippen LogP contribution < -0.4 is 5.32 Å². The monoisotopic (exact) mass is 352 g/mol. The quantitative estimate of drug-likeness (QED) is 0.643. The molecule has 6 nitrogen and oxygen atoms in total. The van der Waals surface area contributed by atoms with E-state index in [4.69, 9.17) is 4.74 Å². The molecule has 0 aliphatic rings. The van der Waals surface area contributed by atoms with Crippen molar-refractivity contribution in [3.8, 4) is 0 Å². The van der Waals surface area contributed by atoms with E-state index in [1.165, 1.54) is 0 Å². The van der Waals surface area contributed by atoms with Crippen LogP contribution in [-0.4, -0.2) is 34.2 Å². The average molecular weight is 352 g/mol. The van der Waals surface area contributed by atoms with Crippen molar-refractivity contribution in [2.75, 3.05) is 13.7 Å². The summed E-state index contributed by atoms with van der Waals surface area (Å²) in [5.74, 6) is 1.01. The standard InChI is InChI=1S/C20H24N4O2/c1-26-14-13-24-18(23-17-9-6-12-21-20(17)24)10-5-11-19(25)22-15-16-7-3-2-4-8-16/h2-4,6-9,12H,5,10-11,13-15H2,1H3,(H,22,25). The van der Waals surface area contributed by atoms with Gasteiger partial charge in [-0.05, 0) is 24.1 Å². The van der Waals surface area contributed by atoms with Crippen LogP contribution in [0.4, 0.5) is 0 Å². The summed E-state index contributed by atoms with van der Waals surface area (Å²) in [7, 11) is 1.68. The lowest BCUT2D eigenvalue weighted by molar-refractivity contribution is -0.121. The van der Waals surface area contributed by atoms with Crippen molar-refractivity contribution in [2.45, 2.75) is 32.4 Å². The average Bonchev–Trinajstić information content (AvgIpc) is 3.03. The maximum atomic E-state index is 12.1. The van der Waals surface area contributed by atoms with Gasteiger partial charge in [-0.15, -0.1) is 0 Å². The van der Waals surface area contributed by atoms with Crippen molar-refractivity contribution in [3.05, 3.63) is 60.0 Å². The summed E-state index contributed by atoms with van der Waals surface area (Å²) in [4.78, 5) is 21.2. The first-order valence-corrected chi connectivity index (χ1v) is 8.87. The van der Waals surface area contributed by atoms with Crippen LogP contribution in [0.1, 0.15) is 24.2 Å². The summed E-state index contributed by atoms with van der Waals surface area (Å²) in [5, 5.41) is 2.96. The normalized spacial score (nSPS) is 11.0. The Balaban J connectivity index is 1.54. The predicted octanol–water partition coefficient (Wildman–Crippen LogP) is 2.72. The van der Waals surface area contributed by atoms with Crippen LogP contribution in [0.5, 0.6) is 0 Å². The highest BCUT2D eigenvalue weighted by molar-refractivity contribution is 5.76. The zero-order valence-corrected chi connectivity index (χ0v) is 15.0. The predicted molar refractivity (Wildman–Crippen MR) is 101 cm³/mol. The number of fused-ring (bicyclic) bond motifs is 1. The molecule has 0 unspecified atom stereocenters. The number of nitrogens with one attached hydrogen (secondary N) is 1. The minimum Gasteiger partial charge on any atom is -0.383 e. The van der Waals surface area contributed by atoms with Gasteiger partial charge in [-0.3, -0.25) is 4.79 Å². The molecule has 0 aliphatic heterocycles. The van der Waals surface area contributed by atoms with Gasteiger partial charge in [-0.1, -0.05) is 30.3 Å². The van der Waals surface area contributed by atoms with Gasteiger partial charge in [0.2, 0.25) is 5.91 Å². The fourth-order valence-corrected chi connectivity index (χ4v) is 2.91. The summed E-state index contributed by atoms with van der Waals surface area (Å²) < 4.78 is 7.28. The van der Waals surface area contributed by atoms with E-state index in [2.05, 4.69) is 19.9 Å². The van der Waals surface area contributed by atoms with E-state index < -0.39 is 0 Å². The number of carbonyl (C=O) groups excluding carboxylic acids is 1. The highest BCUT2D eigenvalue weighted by Gasteiger charge is 2.12. The third-order valence-electron chi connectivity index (χ3n) is 4.24. The second-order valence-electron chi connectivity index (χ2n) is 6.13. The Morgan fingerprint density at radius 1 is 1.19 bits per heavy atom. The molecular weight excluding hydrogens is 328 g/mol. The maximum Gasteiger partial charge on any atom is 0.220 e. The fourth-order valence-electron chi connectivity index (χ4n) is 2.91. The Morgan fingerprint density at radius 3 is 2.85 bits per heavy atom. The lowest BCUT2D eigenvalue weighted by Gasteiger charge is -2.08. The lowest BCUT2D eigenvalue weighted by Crippen LogP contribution is -2.22. The molecule has 1 amide bonds. The Hall–Kier alpha value is -2.73. The molecular formula is C20H24N4O2. The van der Waals surface area contributed by atoms with Crippen LogP contribution in [0.25, 0.3) is 11.2 Å². The number of pyridine rings is 1. The minimum absolute atomic E-state index is 0.0616. The first-order valence-electron chi connectivity index (χ1n) is 8.87. The number of hydrogen-bond acceptors (Lipinski definition) is 4. The molecule has 0 spiro atoms. The molecule has 0 saturated heterocycles. The first kappa shape index (κ1) is 18.1. The van der Waals surface area contributed by atoms with E-state index in [1.807, 2.05) is 42.5 Å². The number of methoxy groups -OCH3 is 1. The van der Waals surface area contributed by atoms with Crippen LogP contribution in [0, 0.1) is 0 Å². The Bertz CT molecular complexity index is 845. The van der Waals surface area contributed by atoms with Crippen molar-refractivity contribution >= 4 is 17.1 Å². The van der Waals surface area contributed by atoms with Gasteiger partial charge in [0, 0.05) is 39.2 Å². The SMILES string of the molecule is COCCn1c(CCCC(=O)NCc2ccccc2)nc2cccnc21. The Morgan fingerprint density at radius 2 is 2.04 bits per heavy atom. The highest BCUT2D eigenvalue weighted by Crippen LogP contribution is 2.15. The molecule has 0 aliphatic carbocycles. The molecule has 0 radical (unpaired) electrons. The summed E-state index contributed by atoms with van der Waals surface area (Å²) in [6.07, 6.45) is 3.73. The summed E-state index contributed by atoms with van der Waals surface area (Å²) in [5.41, 5.74) is 2.86. The van der Waals surface area contributed by atoms with Crippen molar-refractivity contribution in [1.29, 1.82) is 0 Å². The zero-order valence-electron chi connectivity index (χ0n) is 15.0. The molecule has 0 atom stereocenters. The number of carbonyl (C=O) groups is 1. The molecule has 0 fully saturated rings. The van der Waals surface area contributed by atoms with Crippen LogP contribution >= 0.6 is 0 Å². The van der Waals surface area contributed by atoms with E-state index in [0.717, 1.165) is 35.4 Å². The topological polar surface area (TPSA) is 69.0 Å². The molecule has 26 heavy (non-hydrogen) atoms. The molecule has 6 heteroatoms. The van der Waals surface area contributed by atoms with Gasteiger partial charge < -0.3 is 14.6 Å². The number of aryl methyl sites for hydroxylation is 1. The molecule has 3 rings (SSSR count). The van der Waals surface area contributed by atoms with Crippen molar-refractivity contribution in [1.82, 2.24) is 19.9 Å². The van der Waals surface area contributed by atoms with Crippen molar-refractivity contribution in [3.63, 3.8) is 0 Å². The number of rotatable bonds is 9. The fraction of sp³-hybridized carbons (Fsp3) is 0.350. The van der Waals surface area contributed by atoms with Crippen LogP contribution in [0.15, 0.2) is 48.7 Å². The third kappa shape index (κ3) is 4.67. The molecule has 2 aromatic heterocycles. The first-order chi connectivity index (χ1) is 12.8. The third-order valence-corrected chi connectivity index (χ3v) is 4.24. The minimum atomic E-state index is 0.0616. The molecule has 1 aromatic carbocycles. The van der Waals surface area contributed by atoms with Crippen LogP contribution in [-0.2, 0) is 29.0 Å². The number of amides is 1. The van der Waals surface area contributed by atoms with E-state index in [0.29, 0.717) is 26.1 Å². The number of ether oxygens (including phenoxy) is 1. The van der Waals surface area contributed by atoms with Gasteiger partial charge in [0.1, 0.15) is 11.3 Å². The van der Waals surface area contributed by atoms with Crippen molar-refractivity contribution in [2.24, 2.45) is 0 Å². The second kappa shape index (κ2) is 9.10. The van der Waals surface area contributed by atoms with Gasteiger partial charge in [0.15, 0.2) is 5.65 Å². The van der Waals surface area contributed by atoms with Crippen LogP contribution in [0.2, 0.25) is 0 Å². The van der Waals surface area contributed by atoms with Gasteiger partial charge in [-0.25, -0.2) is 9.97 Å². The van der Waals surface area contributed by atoms with E-state index in [9.17, 15) is 4.79 Å². The largest absolute Gasteiger partial charge is 0.383 e. The van der Waals surface area contributed by atoms with Gasteiger partial charge >= 0.3 is 0 Å². The molecule has 0 bridgehead atoms. The smallest absolute Gasteiger partial charge is 0.220 e. The number of aromatic nitrogens is 3. The van der Waals surface area contributed by atoms with Gasteiger partial charge in [-0.2, -0.15) is 0 Å².